The quantitative estimate of drug-likeness (QED) is 0.770. The molecule has 1 aliphatic heterocycles. The number of nitrogens with zero attached hydrogens (tertiary/aromatic N) is 4. The van der Waals surface area contributed by atoms with E-state index < -0.39 is 11.7 Å². The van der Waals surface area contributed by atoms with Gasteiger partial charge in [0, 0.05) is 25.7 Å². The highest BCUT2D eigenvalue weighted by atomic mass is 32.2. The summed E-state index contributed by atoms with van der Waals surface area (Å²) in [4.78, 5) is 19.1. The fraction of sp³-hybridized carbons (Fsp3) is 0.615. The van der Waals surface area contributed by atoms with Gasteiger partial charge >= 0.3 is 0 Å². The van der Waals surface area contributed by atoms with Gasteiger partial charge in [0.25, 0.3) is 5.56 Å². The molecule has 0 saturated carbocycles. The maximum atomic E-state index is 12.1. The van der Waals surface area contributed by atoms with Gasteiger partial charge in [-0.3, -0.25) is 9.69 Å². The van der Waals surface area contributed by atoms with Crippen LogP contribution in [0.5, 0.6) is 0 Å². The van der Waals surface area contributed by atoms with Gasteiger partial charge < -0.3 is 10.2 Å². The van der Waals surface area contributed by atoms with E-state index in [9.17, 15) is 15.0 Å². The van der Waals surface area contributed by atoms with Crippen LogP contribution in [0.3, 0.4) is 0 Å². The van der Waals surface area contributed by atoms with Crippen LogP contribution in [0.1, 0.15) is 19.0 Å². The van der Waals surface area contributed by atoms with Gasteiger partial charge in [-0.1, -0.05) is 23.1 Å². The lowest BCUT2D eigenvalue weighted by Gasteiger charge is -2.39. The second-order valence-electron chi connectivity index (χ2n) is 5.71. The maximum Gasteiger partial charge on any atom is 0.275 e. The molecule has 0 unspecified atom stereocenters. The molecule has 9 heteroatoms. The Labute approximate surface area is 135 Å². The Balaban J connectivity index is 1.81. The molecule has 7 nitrogen and oxygen atoms in total. The van der Waals surface area contributed by atoms with E-state index in [-0.39, 0.29) is 5.56 Å². The zero-order chi connectivity index (χ0) is 15.9. The summed E-state index contributed by atoms with van der Waals surface area (Å²) in [6.07, 6.45) is 1.61. The summed E-state index contributed by atoms with van der Waals surface area (Å²) in [6, 6.07) is 1.48. The Morgan fingerprint density at radius 2 is 2.36 bits per heavy atom. The first kappa shape index (κ1) is 15.9. The van der Waals surface area contributed by atoms with Gasteiger partial charge in [-0.25, -0.2) is 4.98 Å². The van der Waals surface area contributed by atoms with Gasteiger partial charge in [-0.05, 0) is 19.6 Å². The summed E-state index contributed by atoms with van der Waals surface area (Å²) < 4.78 is 2.11. The van der Waals surface area contributed by atoms with Crippen molar-refractivity contribution in [3.63, 3.8) is 0 Å². The minimum Gasteiger partial charge on any atom is -0.389 e. The standard InChI is InChI=1S/C13H18N4O3S2/c1-13(20)3-4-16(7-9(13)18)6-8-5-10(19)17-11(14-8)22-12(15-17)21-2/h5,9,18,20H,3-4,6-7H2,1-2H3/t9-,13+/m1/s1. The molecule has 0 spiro atoms. The van der Waals surface area contributed by atoms with Crippen molar-refractivity contribution in [3.05, 3.63) is 22.1 Å². The second-order valence-corrected chi connectivity index (χ2v) is 7.72. The van der Waals surface area contributed by atoms with Crippen LogP contribution >= 0.6 is 23.1 Å². The number of β-amino-alcohol motifs (C(OH)–C–C–N with tert-alkyl or cyclic N) is 1. The third kappa shape index (κ3) is 3.04. The van der Waals surface area contributed by atoms with Crippen LogP contribution < -0.4 is 5.56 Å². The van der Waals surface area contributed by atoms with E-state index in [1.54, 1.807) is 6.92 Å². The molecule has 0 radical (unpaired) electrons. The average Bonchev–Trinajstić information content (AvgIpc) is 2.87. The Kier molecular flexibility index (Phi) is 4.25. The van der Waals surface area contributed by atoms with Gasteiger partial charge in [0.2, 0.25) is 4.96 Å². The molecule has 2 aromatic rings. The molecule has 1 aliphatic rings. The lowest BCUT2D eigenvalue weighted by Crippen LogP contribution is -2.53. The first-order chi connectivity index (χ1) is 10.4. The summed E-state index contributed by atoms with van der Waals surface area (Å²) >= 11 is 2.86. The normalized spacial score (nSPS) is 26.6. The highest BCUT2D eigenvalue weighted by molar-refractivity contribution is 8.00. The van der Waals surface area contributed by atoms with E-state index in [0.717, 1.165) is 4.34 Å². The number of piperidine rings is 1. The first-order valence-electron chi connectivity index (χ1n) is 6.95. The Morgan fingerprint density at radius 3 is 3.05 bits per heavy atom. The van der Waals surface area contributed by atoms with Crippen LogP contribution in [0.2, 0.25) is 0 Å². The molecule has 3 heterocycles. The van der Waals surface area contributed by atoms with Crippen molar-refractivity contribution >= 4 is 28.1 Å². The molecule has 2 atom stereocenters. The Hall–Kier alpha value is -1.00. The van der Waals surface area contributed by atoms with Crippen molar-refractivity contribution in [2.24, 2.45) is 0 Å². The molecule has 2 N–H and O–H groups in total. The number of hydrogen-bond acceptors (Lipinski definition) is 8. The minimum atomic E-state index is -1.04. The second kappa shape index (κ2) is 5.89. The van der Waals surface area contributed by atoms with Gasteiger partial charge in [-0.2, -0.15) is 4.52 Å². The maximum absolute atomic E-state index is 12.1. The molecule has 0 aliphatic carbocycles. The molecule has 0 bridgehead atoms. The molecule has 22 heavy (non-hydrogen) atoms. The van der Waals surface area contributed by atoms with E-state index in [2.05, 4.69) is 10.1 Å². The van der Waals surface area contributed by atoms with E-state index in [4.69, 9.17) is 0 Å². The molecule has 0 amide bonds. The van der Waals surface area contributed by atoms with Gasteiger partial charge in [0.05, 0.1) is 17.4 Å². The lowest BCUT2D eigenvalue weighted by atomic mass is 9.91. The zero-order valence-electron chi connectivity index (χ0n) is 12.4. The predicted octanol–water partition coefficient (Wildman–Crippen LogP) is 0.190. The van der Waals surface area contributed by atoms with E-state index in [1.807, 2.05) is 11.2 Å². The SMILES string of the molecule is CSc1nn2c(=O)cc(CN3CC[C@](C)(O)[C@H](O)C3)nc2s1. The fourth-order valence-electron chi connectivity index (χ4n) is 2.46. The molecule has 120 valence electrons. The number of aliphatic hydroxyl groups is 2. The number of fused-ring (bicyclic) bond motifs is 1. The number of hydrogen-bond donors (Lipinski definition) is 2. The fourth-order valence-corrected chi connectivity index (χ4v) is 3.84. The zero-order valence-corrected chi connectivity index (χ0v) is 14.0. The highest BCUT2D eigenvalue weighted by Gasteiger charge is 2.36. The Morgan fingerprint density at radius 1 is 1.59 bits per heavy atom. The third-order valence-electron chi connectivity index (χ3n) is 3.92. The third-order valence-corrected chi connectivity index (χ3v) is 5.81. The van der Waals surface area contributed by atoms with Crippen molar-refractivity contribution in [3.8, 4) is 0 Å². The van der Waals surface area contributed by atoms with Gasteiger partial charge in [0.1, 0.15) is 0 Å². The average molecular weight is 342 g/mol. The van der Waals surface area contributed by atoms with E-state index in [0.29, 0.717) is 36.7 Å². The van der Waals surface area contributed by atoms with Crippen LogP contribution in [0.25, 0.3) is 4.96 Å². The molecular formula is C13H18N4O3S2. The minimum absolute atomic E-state index is 0.193. The molecule has 1 fully saturated rings. The molecular weight excluding hydrogens is 324 g/mol. The number of aliphatic hydroxyl groups excluding tert-OH is 1. The molecule has 2 aromatic heterocycles. The Bertz CT molecular complexity index is 742. The first-order valence-corrected chi connectivity index (χ1v) is 9.00. The smallest absolute Gasteiger partial charge is 0.275 e. The van der Waals surface area contributed by atoms with Crippen LogP contribution in [-0.2, 0) is 6.54 Å². The molecule has 0 aromatic carbocycles. The number of likely N-dealkylation sites (tertiary alicyclic amines) is 1. The topological polar surface area (TPSA) is 91.0 Å². The van der Waals surface area contributed by atoms with Crippen LogP contribution in [-0.4, -0.2) is 60.8 Å². The van der Waals surface area contributed by atoms with Crippen molar-refractivity contribution in [1.82, 2.24) is 19.5 Å². The summed E-state index contributed by atoms with van der Waals surface area (Å²) in [5.41, 5.74) is -0.575. The lowest BCUT2D eigenvalue weighted by molar-refractivity contribution is -0.108. The summed E-state index contributed by atoms with van der Waals surface area (Å²) in [5.74, 6) is 0. The number of thioether (sulfide) groups is 1. The summed E-state index contributed by atoms with van der Waals surface area (Å²) in [6.45, 7) is 3.15. The van der Waals surface area contributed by atoms with Crippen LogP contribution in [0.4, 0.5) is 0 Å². The van der Waals surface area contributed by atoms with E-state index >= 15 is 0 Å². The highest BCUT2D eigenvalue weighted by Crippen LogP contribution is 2.23. The molecule has 3 rings (SSSR count). The van der Waals surface area contributed by atoms with Crippen molar-refractivity contribution in [2.45, 2.75) is 35.9 Å². The number of aromatic nitrogens is 3. The monoisotopic (exact) mass is 342 g/mol. The van der Waals surface area contributed by atoms with Gasteiger partial charge in [0.15, 0.2) is 4.34 Å². The van der Waals surface area contributed by atoms with Crippen LogP contribution in [0.15, 0.2) is 15.2 Å². The van der Waals surface area contributed by atoms with Crippen LogP contribution in [0, 0.1) is 0 Å². The number of rotatable bonds is 3. The van der Waals surface area contributed by atoms with Crippen molar-refractivity contribution in [1.29, 1.82) is 0 Å². The van der Waals surface area contributed by atoms with E-state index in [1.165, 1.54) is 33.7 Å². The van der Waals surface area contributed by atoms with Gasteiger partial charge in [-0.15, -0.1) is 5.10 Å². The predicted molar refractivity (Wildman–Crippen MR) is 85.4 cm³/mol. The largest absolute Gasteiger partial charge is 0.389 e. The van der Waals surface area contributed by atoms with Crippen molar-refractivity contribution in [2.75, 3.05) is 19.3 Å². The molecule has 1 saturated heterocycles. The summed E-state index contributed by atoms with van der Waals surface area (Å²) in [5, 5.41) is 24.1. The van der Waals surface area contributed by atoms with Crippen molar-refractivity contribution < 1.29 is 10.2 Å². The summed E-state index contributed by atoms with van der Waals surface area (Å²) in [7, 11) is 0.